The molecule has 0 bridgehead atoms. The summed E-state index contributed by atoms with van der Waals surface area (Å²) in [5.41, 5.74) is 4.89. The topological polar surface area (TPSA) is 59.8 Å². The summed E-state index contributed by atoms with van der Waals surface area (Å²) >= 11 is 0. The first kappa shape index (κ1) is 17.4. The van der Waals surface area contributed by atoms with Gasteiger partial charge in [-0.05, 0) is 61.2 Å². The van der Waals surface area contributed by atoms with Crippen molar-refractivity contribution in [2.75, 3.05) is 5.32 Å². The lowest BCUT2D eigenvalue weighted by Crippen LogP contribution is -2.12. The van der Waals surface area contributed by atoms with E-state index in [4.69, 9.17) is 5.10 Å². The normalized spacial score (nSPS) is 13.3. The van der Waals surface area contributed by atoms with Gasteiger partial charge < -0.3 is 5.32 Å². The number of hydrogen-bond donors (Lipinski definition) is 1. The lowest BCUT2D eigenvalue weighted by molar-refractivity contribution is -0.115. The van der Waals surface area contributed by atoms with Crippen molar-refractivity contribution in [3.8, 4) is 22.4 Å². The first-order chi connectivity index (χ1) is 13.2. The Kier molecular flexibility index (Phi) is 4.71. The summed E-state index contributed by atoms with van der Waals surface area (Å²) in [5.74, 6) is 0.188. The largest absolute Gasteiger partial charge is 0.311 e. The Morgan fingerprint density at radius 3 is 2.78 bits per heavy atom. The van der Waals surface area contributed by atoms with E-state index in [1.165, 1.54) is 17.8 Å². The van der Waals surface area contributed by atoms with Crippen molar-refractivity contribution in [2.45, 2.75) is 39.2 Å². The van der Waals surface area contributed by atoms with Crippen LogP contribution in [0, 0.1) is 5.82 Å². The van der Waals surface area contributed by atoms with Gasteiger partial charge >= 0.3 is 0 Å². The highest BCUT2D eigenvalue weighted by Crippen LogP contribution is 2.37. The third kappa shape index (κ3) is 3.47. The first-order valence-electron chi connectivity index (χ1n) is 9.27. The van der Waals surface area contributed by atoms with Gasteiger partial charge in [0, 0.05) is 36.0 Å². The minimum atomic E-state index is -0.266. The summed E-state index contributed by atoms with van der Waals surface area (Å²) in [5, 5.41) is 7.63. The maximum atomic E-state index is 13.4. The highest BCUT2D eigenvalue weighted by Gasteiger charge is 2.23. The van der Waals surface area contributed by atoms with Gasteiger partial charge in [-0.15, -0.1) is 0 Å². The minimum Gasteiger partial charge on any atom is -0.311 e. The number of benzene rings is 1. The van der Waals surface area contributed by atoms with Crippen LogP contribution in [0.15, 0.2) is 42.6 Å². The molecule has 27 heavy (non-hydrogen) atoms. The molecule has 6 heteroatoms. The molecule has 5 nitrogen and oxygen atoms in total. The summed E-state index contributed by atoms with van der Waals surface area (Å²) in [6, 6.07) is 10.2. The molecule has 0 unspecified atom stereocenters. The predicted octanol–water partition coefficient (Wildman–Crippen LogP) is 4.44. The fourth-order valence-corrected chi connectivity index (χ4v) is 3.49. The highest BCUT2D eigenvalue weighted by molar-refractivity contribution is 5.91. The third-order valence-electron chi connectivity index (χ3n) is 4.85. The van der Waals surface area contributed by atoms with E-state index in [2.05, 4.69) is 15.0 Å². The number of carbonyl (C=O) groups is 1. The van der Waals surface area contributed by atoms with Crippen LogP contribution < -0.4 is 5.32 Å². The van der Waals surface area contributed by atoms with Gasteiger partial charge in [0.2, 0.25) is 5.91 Å². The lowest BCUT2D eigenvalue weighted by atomic mass is 9.96. The number of fused-ring (bicyclic) bond motifs is 1. The van der Waals surface area contributed by atoms with Gasteiger partial charge in [-0.3, -0.25) is 9.48 Å². The zero-order chi connectivity index (χ0) is 18.8. The predicted molar refractivity (Wildman–Crippen MR) is 103 cm³/mol. The van der Waals surface area contributed by atoms with Crippen LogP contribution in [0.4, 0.5) is 10.2 Å². The molecule has 138 valence electrons. The second-order valence-electron chi connectivity index (χ2n) is 6.69. The average molecular weight is 364 g/mol. The maximum absolute atomic E-state index is 13.4. The third-order valence-corrected chi connectivity index (χ3v) is 4.85. The van der Waals surface area contributed by atoms with Gasteiger partial charge in [0.15, 0.2) is 0 Å². The number of aromatic nitrogens is 3. The maximum Gasteiger partial charge on any atom is 0.225 e. The molecule has 0 atom stereocenters. The molecule has 1 aliphatic rings. The molecule has 0 spiro atoms. The van der Waals surface area contributed by atoms with Crippen molar-refractivity contribution in [1.29, 1.82) is 0 Å². The van der Waals surface area contributed by atoms with Gasteiger partial charge in [0.05, 0.1) is 0 Å². The van der Waals surface area contributed by atoms with Crippen molar-refractivity contribution in [2.24, 2.45) is 0 Å². The second kappa shape index (κ2) is 7.31. The van der Waals surface area contributed by atoms with Crippen LogP contribution in [0.1, 0.15) is 31.9 Å². The van der Waals surface area contributed by atoms with Crippen LogP contribution in [0.3, 0.4) is 0 Å². The quantitative estimate of drug-likeness (QED) is 0.745. The van der Waals surface area contributed by atoms with Crippen LogP contribution in [-0.4, -0.2) is 20.7 Å². The summed E-state index contributed by atoms with van der Waals surface area (Å²) in [4.78, 5) is 16.0. The number of rotatable bonds is 4. The number of amides is 1. The van der Waals surface area contributed by atoms with E-state index in [9.17, 15) is 9.18 Å². The second-order valence-corrected chi connectivity index (χ2v) is 6.69. The molecule has 1 aliphatic heterocycles. The number of halogens is 1. The van der Waals surface area contributed by atoms with Crippen molar-refractivity contribution in [1.82, 2.24) is 14.8 Å². The standard InChI is InChI=1S/C21H21FN4O/c1-2-19(27)24-18-13-15(10-11-23-18)20-17-5-3-4-12-26(17)25-21(20)14-6-8-16(22)9-7-14/h6-11,13H,2-5,12H2,1H3,(H,23,24,27). The van der Waals surface area contributed by atoms with Crippen LogP contribution in [0.2, 0.25) is 0 Å². The number of pyridine rings is 1. The Hall–Kier alpha value is -3.02. The summed E-state index contributed by atoms with van der Waals surface area (Å²) < 4.78 is 15.4. The Morgan fingerprint density at radius 1 is 1.19 bits per heavy atom. The lowest BCUT2D eigenvalue weighted by Gasteiger charge is -2.15. The number of aryl methyl sites for hydroxylation is 1. The SMILES string of the molecule is CCC(=O)Nc1cc(-c2c(-c3ccc(F)cc3)nn3c2CCCC3)ccn1. The Morgan fingerprint density at radius 2 is 2.00 bits per heavy atom. The van der Waals surface area contributed by atoms with E-state index in [-0.39, 0.29) is 11.7 Å². The molecule has 0 saturated carbocycles. The molecule has 1 amide bonds. The molecule has 1 aromatic carbocycles. The molecule has 2 aromatic heterocycles. The van der Waals surface area contributed by atoms with E-state index in [1.54, 1.807) is 25.3 Å². The fraction of sp³-hybridized carbons (Fsp3) is 0.286. The zero-order valence-electron chi connectivity index (χ0n) is 15.2. The molecular weight excluding hydrogens is 343 g/mol. The summed E-state index contributed by atoms with van der Waals surface area (Å²) in [6.45, 7) is 2.69. The molecular formula is C21H21FN4O. The van der Waals surface area contributed by atoms with Crippen LogP contribution in [0.25, 0.3) is 22.4 Å². The van der Waals surface area contributed by atoms with E-state index in [0.29, 0.717) is 12.2 Å². The molecule has 4 rings (SSSR count). The molecule has 0 aliphatic carbocycles. The Labute approximate surface area is 157 Å². The first-order valence-corrected chi connectivity index (χ1v) is 9.27. The van der Waals surface area contributed by atoms with Crippen molar-refractivity contribution in [3.63, 3.8) is 0 Å². The minimum absolute atomic E-state index is 0.0737. The van der Waals surface area contributed by atoms with Crippen molar-refractivity contribution < 1.29 is 9.18 Å². The fourth-order valence-electron chi connectivity index (χ4n) is 3.49. The van der Waals surface area contributed by atoms with Crippen LogP contribution in [0.5, 0.6) is 0 Å². The average Bonchev–Trinajstić information content (AvgIpc) is 3.08. The van der Waals surface area contributed by atoms with E-state index < -0.39 is 0 Å². The molecule has 3 heterocycles. The zero-order valence-corrected chi connectivity index (χ0v) is 15.2. The Bertz CT molecular complexity index is 978. The monoisotopic (exact) mass is 364 g/mol. The van der Waals surface area contributed by atoms with Crippen LogP contribution >= 0.6 is 0 Å². The summed E-state index contributed by atoms with van der Waals surface area (Å²) in [7, 11) is 0. The highest BCUT2D eigenvalue weighted by atomic mass is 19.1. The van der Waals surface area contributed by atoms with Gasteiger partial charge in [-0.25, -0.2) is 9.37 Å². The Balaban J connectivity index is 1.84. The van der Waals surface area contributed by atoms with Gasteiger partial charge in [-0.2, -0.15) is 5.10 Å². The number of anilines is 1. The molecule has 1 N–H and O–H groups in total. The number of hydrogen-bond acceptors (Lipinski definition) is 3. The number of carbonyl (C=O) groups excluding carboxylic acids is 1. The molecule has 0 saturated heterocycles. The molecule has 3 aromatic rings. The summed E-state index contributed by atoms with van der Waals surface area (Å²) in [6.07, 6.45) is 5.26. The number of nitrogens with one attached hydrogen (secondary N) is 1. The molecule has 0 fully saturated rings. The van der Waals surface area contributed by atoms with E-state index in [1.807, 2.05) is 12.1 Å². The smallest absolute Gasteiger partial charge is 0.225 e. The van der Waals surface area contributed by atoms with Gasteiger partial charge in [0.1, 0.15) is 17.3 Å². The number of nitrogens with zero attached hydrogens (tertiary/aromatic N) is 3. The van der Waals surface area contributed by atoms with Crippen molar-refractivity contribution in [3.05, 3.63) is 54.1 Å². The van der Waals surface area contributed by atoms with Gasteiger partial charge in [0.25, 0.3) is 0 Å². The van der Waals surface area contributed by atoms with E-state index >= 15 is 0 Å². The molecule has 0 radical (unpaired) electrons. The van der Waals surface area contributed by atoms with Gasteiger partial charge in [-0.1, -0.05) is 6.92 Å². The van der Waals surface area contributed by atoms with Crippen LogP contribution in [-0.2, 0) is 17.8 Å². The van der Waals surface area contributed by atoms with Crippen molar-refractivity contribution >= 4 is 11.7 Å². The van der Waals surface area contributed by atoms with E-state index in [0.717, 1.165) is 48.2 Å².